The Balaban J connectivity index is 1.27. The van der Waals surface area contributed by atoms with Crippen molar-refractivity contribution in [2.45, 2.75) is 49.4 Å². The van der Waals surface area contributed by atoms with Crippen LogP contribution in [0, 0.1) is 0 Å². The van der Waals surface area contributed by atoms with Gasteiger partial charge in [-0.15, -0.1) is 11.8 Å². The molecular weight excluding hydrogens is 388 g/mol. The van der Waals surface area contributed by atoms with Gasteiger partial charge in [0.1, 0.15) is 5.82 Å². The number of thioether (sulfide) groups is 1. The maximum absolute atomic E-state index is 12.5. The number of carbonyl (C=O) groups is 1. The van der Waals surface area contributed by atoms with E-state index in [0.29, 0.717) is 31.0 Å². The van der Waals surface area contributed by atoms with Gasteiger partial charge in [0.2, 0.25) is 0 Å². The molecule has 0 atom stereocenters. The van der Waals surface area contributed by atoms with Gasteiger partial charge >= 0.3 is 5.69 Å². The van der Waals surface area contributed by atoms with Crippen LogP contribution in [-0.4, -0.2) is 26.8 Å². The van der Waals surface area contributed by atoms with Gasteiger partial charge in [-0.25, -0.2) is 9.48 Å². The van der Waals surface area contributed by atoms with Crippen molar-refractivity contribution in [1.29, 1.82) is 0 Å². The molecule has 2 aromatic heterocycles. The molecule has 8 heteroatoms. The molecule has 1 aliphatic rings. The number of carbonyl (C=O) groups excluding carboxylic acids is 1. The van der Waals surface area contributed by atoms with E-state index in [2.05, 4.69) is 10.4 Å². The van der Waals surface area contributed by atoms with Crippen LogP contribution in [0.1, 0.15) is 41.2 Å². The monoisotopic (exact) mass is 412 g/mol. The van der Waals surface area contributed by atoms with Gasteiger partial charge in [-0.05, 0) is 37.5 Å². The number of amides is 1. The third-order valence-electron chi connectivity index (χ3n) is 4.95. The minimum Gasteiger partial charge on any atom is -0.459 e. The topological polar surface area (TPSA) is 82.1 Å². The first-order valence-corrected chi connectivity index (χ1v) is 10.9. The summed E-state index contributed by atoms with van der Waals surface area (Å²) < 4.78 is 8.69. The van der Waals surface area contributed by atoms with Gasteiger partial charge in [0.05, 0.1) is 6.26 Å². The predicted octanol–water partition coefficient (Wildman–Crippen LogP) is 3.09. The number of hydrogen-bond donors (Lipinski definition) is 1. The second kappa shape index (κ2) is 9.17. The SMILES string of the molecule is O=C(NCCCn1nc2n(c1=O)CCCC2)c1occc1CSc1ccccc1. The number of nitrogens with one attached hydrogen (secondary N) is 1. The van der Waals surface area contributed by atoms with E-state index >= 15 is 0 Å². The maximum Gasteiger partial charge on any atom is 0.345 e. The third-order valence-corrected chi connectivity index (χ3v) is 6.02. The van der Waals surface area contributed by atoms with Crippen LogP contribution in [0.25, 0.3) is 0 Å². The molecule has 0 radical (unpaired) electrons. The summed E-state index contributed by atoms with van der Waals surface area (Å²) in [6.45, 7) is 1.71. The number of fused-ring (bicyclic) bond motifs is 1. The van der Waals surface area contributed by atoms with E-state index < -0.39 is 0 Å². The molecule has 0 saturated carbocycles. The molecule has 0 spiro atoms. The molecule has 0 fully saturated rings. The largest absolute Gasteiger partial charge is 0.459 e. The first-order valence-electron chi connectivity index (χ1n) is 9.91. The van der Waals surface area contributed by atoms with Crippen molar-refractivity contribution in [3.63, 3.8) is 0 Å². The molecule has 0 aliphatic carbocycles. The number of aryl methyl sites for hydroxylation is 2. The summed E-state index contributed by atoms with van der Waals surface area (Å²) >= 11 is 1.66. The van der Waals surface area contributed by atoms with Gasteiger partial charge < -0.3 is 9.73 Å². The van der Waals surface area contributed by atoms with Crippen LogP contribution >= 0.6 is 11.8 Å². The van der Waals surface area contributed by atoms with Crippen molar-refractivity contribution in [2.75, 3.05) is 6.54 Å². The lowest BCUT2D eigenvalue weighted by atomic mass is 10.2. The number of rotatable bonds is 8. The third kappa shape index (κ3) is 4.64. The zero-order valence-corrected chi connectivity index (χ0v) is 17.0. The second-order valence-corrected chi connectivity index (χ2v) is 8.07. The van der Waals surface area contributed by atoms with E-state index in [1.165, 1.54) is 4.68 Å². The second-order valence-electron chi connectivity index (χ2n) is 7.02. The van der Waals surface area contributed by atoms with E-state index in [4.69, 9.17) is 4.42 Å². The summed E-state index contributed by atoms with van der Waals surface area (Å²) in [5, 5.41) is 7.30. The summed E-state index contributed by atoms with van der Waals surface area (Å²) in [7, 11) is 0. The van der Waals surface area contributed by atoms with Crippen molar-refractivity contribution in [3.8, 4) is 0 Å². The molecule has 152 valence electrons. The van der Waals surface area contributed by atoms with Crippen molar-refractivity contribution in [2.24, 2.45) is 0 Å². The normalized spacial score (nSPS) is 13.2. The van der Waals surface area contributed by atoms with Gasteiger partial charge in [-0.2, -0.15) is 5.10 Å². The van der Waals surface area contributed by atoms with Crippen LogP contribution in [0.5, 0.6) is 0 Å². The molecule has 1 N–H and O–H groups in total. The Kier molecular flexibility index (Phi) is 6.19. The molecule has 7 nitrogen and oxygen atoms in total. The summed E-state index contributed by atoms with van der Waals surface area (Å²) in [5.74, 6) is 1.67. The first-order chi connectivity index (χ1) is 14.2. The lowest BCUT2D eigenvalue weighted by Gasteiger charge is -2.09. The molecule has 0 unspecified atom stereocenters. The Morgan fingerprint density at radius 3 is 2.90 bits per heavy atom. The van der Waals surface area contributed by atoms with Crippen molar-refractivity contribution in [3.05, 3.63) is 70.3 Å². The molecule has 1 aromatic carbocycles. The van der Waals surface area contributed by atoms with Crippen molar-refractivity contribution < 1.29 is 9.21 Å². The minimum absolute atomic E-state index is 0.0442. The molecule has 0 saturated heterocycles. The molecule has 0 bridgehead atoms. The fourth-order valence-electron chi connectivity index (χ4n) is 3.43. The Morgan fingerprint density at radius 2 is 2.07 bits per heavy atom. The van der Waals surface area contributed by atoms with Gasteiger partial charge in [0, 0.05) is 42.3 Å². The van der Waals surface area contributed by atoms with Crippen molar-refractivity contribution >= 4 is 17.7 Å². The summed E-state index contributed by atoms with van der Waals surface area (Å²) in [6, 6.07) is 11.9. The van der Waals surface area contributed by atoms with E-state index in [1.807, 2.05) is 36.4 Å². The summed E-state index contributed by atoms with van der Waals surface area (Å²) in [6.07, 6.45) is 5.16. The van der Waals surface area contributed by atoms with Crippen LogP contribution < -0.4 is 11.0 Å². The van der Waals surface area contributed by atoms with E-state index in [9.17, 15) is 9.59 Å². The smallest absolute Gasteiger partial charge is 0.345 e. The molecule has 1 aliphatic heterocycles. The standard InChI is InChI=1S/C21H24N4O3S/c26-20(19-16(10-14-28-19)15-29-17-7-2-1-3-8-17)22-11-6-13-25-21(27)24-12-5-4-9-18(24)23-25/h1-3,7-8,10,14H,4-6,9,11-13,15H2,(H,22,26). The fraction of sp³-hybridized carbons (Fsp3) is 0.381. The molecule has 29 heavy (non-hydrogen) atoms. The highest BCUT2D eigenvalue weighted by atomic mass is 32.2. The fourth-order valence-corrected chi connectivity index (χ4v) is 4.33. The average molecular weight is 413 g/mol. The van der Waals surface area contributed by atoms with Crippen LogP contribution in [-0.2, 0) is 25.3 Å². The molecular formula is C21H24N4O3S. The number of aromatic nitrogens is 3. The lowest BCUT2D eigenvalue weighted by Crippen LogP contribution is -2.29. The molecule has 3 heterocycles. The van der Waals surface area contributed by atoms with Crippen LogP contribution in [0.15, 0.2) is 56.8 Å². The van der Waals surface area contributed by atoms with Gasteiger partial charge in [0.15, 0.2) is 5.76 Å². The highest BCUT2D eigenvalue weighted by molar-refractivity contribution is 7.98. The van der Waals surface area contributed by atoms with E-state index in [0.717, 1.165) is 42.1 Å². The van der Waals surface area contributed by atoms with Gasteiger partial charge in [-0.1, -0.05) is 18.2 Å². The zero-order valence-electron chi connectivity index (χ0n) is 16.2. The van der Waals surface area contributed by atoms with Crippen LogP contribution in [0.3, 0.4) is 0 Å². The highest BCUT2D eigenvalue weighted by Gasteiger charge is 2.17. The molecule has 1 amide bonds. The van der Waals surface area contributed by atoms with E-state index in [-0.39, 0.29) is 11.6 Å². The highest BCUT2D eigenvalue weighted by Crippen LogP contribution is 2.24. The molecule has 4 rings (SSSR count). The maximum atomic E-state index is 12.5. The van der Waals surface area contributed by atoms with Gasteiger partial charge in [-0.3, -0.25) is 9.36 Å². The Hall–Kier alpha value is -2.74. The zero-order chi connectivity index (χ0) is 20.1. The number of hydrogen-bond acceptors (Lipinski definition) is 5. The van der Waals surface area contributed by atoms with E-state index in [1.54, 1.807) is 22.6 Å². The van der Waals surface area contributed by atoms with Crippen LogP contribution in [0.4, 0.5) is 0 Å². The summed E-state index contributed by atoms with van der Waals surface area (Å²) in [4.78, 5) is 25.9. The average Bonchev–Trinajstić information content (AvgIpc) is 3.35. The van der Waals surface area contributed by atoms with Gasteiger partial charge in [0.25, 0.3) is 5.91 Å². The first kappa shape index (κ1) is 19.6. The quantitative estimate of drug-likeness (QED) is 0.454. The predicted molar refractivity (Wildman–Crippen MR) is 111 cm³/mol. The number of nitrogens with zero attached hydrogens (tertiary/aromatic N) is 3. The van der Waals surface area contributed by atoms with Crippen molar-refractivity contribution in [1.82, 2.24) is 19.7 Å². The number of benzene rings is 1. The number of furan rings is 1. The minimum atomic E-state index is -0.227. The summed E-state index contributed by atoms with van der Waals surface area (Å²) in [5.41, 5.74) is 0.826. The van der Waals surface area contributed by atoms with Crippen LogP contribution in [0.2, 0.25) is 0 Å². The Labute approximate surface area is 173 Å². The lowest BCUT2D eigenvalue weighted by molar-refractivity contribution is 0.0924. The Bertz CT molecular complexity index is 1020. The molecule has 3 aromatic rings. The Morgan fingerprint density at radius 1 is 1.21 bits per heavy atom.